The molecule has 1 aromatic carbocycles. The largest absolute Gasteiger partial charge is 0.492 e. The molecule has 0 N–H and O–H groups in total. The standard InChI is InChI=1S/C22H28N4O2/c27-22(18-14-17-6-3-4-7-19(17)28-15-18)25-12-9-16(10-13-25)21-24-23-20-8-2-1-5-11-26(20)21/h3-4,6-7,16,18H,1-2,5,8-15H2. The van der Waals surface area contributed by atoms with Gasteiger partial charge in [0.1, 0.15) is 24.0 Å². The summed E-state index contributed by atoms with van der Waals surface area (Å²) in [6, 6.07) is 8.06. The molecule has 28 heavy (non-hydrogen) atoms. The molecule has 2 aromatic rings. The van der Waals surface area contributed by atoms with Gasteiger partial charge in [-0.25, -0.2) is 0 Å². The van der Waals surface area contributed by atoms with Gasteiger partial charge in [-0.2, -0.15) is 0 Å². The maximum absolute atomic E-state index is 13.0. The van der Waals surface area contributed by atoms with Crippen molar-refractivity contribution in [2.45, 2.75) is 57.4 Å². The Labute approximate surface area is 165 Å². The molecule has 0 spiro atoms. The van der Waals surface area contributed by atoms with E-state index in [0.717, 1.165) is 68.3 Å². The number of likely N-dealkylation sites (tertiary alicyclic amines) is 1. The Bertz CT molecular complexity index is 854. The van der Waals surface area contributed by atoms with Gasteiger partial charge >= 0.3 is 0 Å². The fraction of sp³-hybridized carbons (Fsp3) is 0.591. The first-order chi connectivity index (χ1) is 13.8. The number of amides is 1. The number of para-hydroxylation sites is 1. The van der Waals surface area contributed by atoms with E-state index in [2.05, 4.69) is 20.8 Å². The summed E-state index contributed by atoms with van der Waals surface area (Å²) >= 11 is 0. The summed E-state index contributed by atoms with van der Waals surface area (Å²) in [5.41, 5.74) is 1.15. The van der Waals surface area contributed by atoms with E-state index in [-0.39, 0.29) is 11.8 Å². The van der Waals surface area contributed by atoms with Crippen molar-refractivity contribution in [2.75, 3.05) is 19.7 Å². The van der Waals surface area contributed by atoms with Crippen molar-refractivity contribution < 1.29 is 9.53 Å². The van der Waals surface area contributed by atoms with Gasteiger partial charge in [-0.05, 0) is 43.7 Å². The number of aryl methyl sites for hydroxylation is 1. The topological polar surface area (TPSA) is 60.2 Å². The molecule has 1 fully saturated rings. The molecule has 0 saturated carbocycles. The van der Waals surface area contributed by atoms with Crippen LogP contribution in [0.3, 0.4) is 0 Å². The minimum Gasteiger partial charge on any atom is -0.492 e. The number of nitrogens with zero attached hydrogens (tertiary/aromatic N) is 4. The van der Waals surface area contributed by atoms with Gasteiger partial charge in [0.2, 0.25) is 5.91 Å². The number of rotatable bonds is 2. The molecule has 5 rings (SSSR count). The van der Waals surface area contributed by atoms with Gasteiger partial charge in [-0.1, -0.05) is 24.6 Å². The Morgan fingerprint density at radius 3 is 2.79 bits per heavy atom. The molecule has 6 heteroatoms. The predicted molar refractivity (Wildman–Crippen MR) is 105 cm³/mol. The summed E-state index contributed by atoms with van der Waals surface area (Å²) in [6.07, 6.45) is 7.51. The second-order valence-electron chi connectivity index (χ2n) is 8.36. The zero-order valence-electron chi connectivity index (χ0n) is 16.3. The first kappa shape index (κ1) is 17.7. The lowest BCUT2D eigenvalue weighted by Gasteiger charge is -2.35. The normalized spacial score (nSPS) is 22.7. The van der Waals surface area contributed by atoms with Crippen LogP contribution < -0.4 is 4.74 Å². The van der Waals surface area contributed by atoms with Crippen molar-refractivity contribution in [3.8, 4) is 5.75 Å². The van der Waals surface area contributed by atoms with Gasteiger partial charge in [0.05, 0.1) is 5.92 Å². The molecule has 0 radical (unpaired) electrons. The fourth-order valence-corrected chi connectivity index (χ4v) is 4.91. The lowest BCUT2D eigenvalue weighted by atomic mass is 9.92. The average Bonchev–Trinajstić information content (AvgIpc) is 3.01. The minimum atomic E-state index is -0.0594. The number of piperidine rings is 1. The SMILES string of the molecule is O=C(C1COc2ccccc2C1)N1CCC(c2nnc3n2CCCCC3)CC1. The lowest BCUT2D eigenvalue weighted by molar-refractivity contribution is -0.138. The Morgan fingerprint density at radius 2 is 1.89 bits per heavy atom. The van der Waals surface area contributed by atoms with Crippen molar-refractivity contribution in [3.05, 3.63) is 41.5 Å². The van der Waals surface area contributed by atoms with E-state index in [1.165, 1.54) is 19.3 Å². The van der Waals surface area contributed by atoms with E-state index in [0.29, 0.717) is 12.5 Å². The Balaban J connectivity index is 1.22. The number of ether oxygens (including phenoxy) is 1. The highest BCUT2D eigenvalue weighted by Crippen LogP contribution is 2.32. The number of fused-ring (bicyclic) bond motifs is 2. The molecule has 1 aromatic heterocycles. The van der Waals surface area contributed by atoms with Crippen LogP contribution in [-0.4, -0.2) is 45.3 Å². The molecule has 1 amide bonds. The maximum atomic E-state index is 13.0. The Kier molecular flexibility index (Phi) is 4.79. The highest BCUT2D eigenvalue weighted by molar-refractivity contribution is 5.80. The van der Waals surface area contributed by atoms with Crippen LogP contribution in [0.15, 0.2) is 24.3 Å². The zero-order valence-corrected chi connectivity index (χ0v) is 16.3. The van der Waals surface area contributed by atoms with Gasteiger partial charge in [0.25, 0.3) is 0 Å². The molecule has 3 aliphatic rings. The molecule has 3 aliphatic heterocycles. The maximum Gasteiger partial charge on any atom is 0.229 e. The molecule has 0 aliphatic carbocycles. The van der Waals surface area contributed by atoms with Crippen molar-refractivity contribution in [3.63, 3.8) is 0 Å². The highest BCUT2D eigenvalue weighted by atomic mass is 16.5. The van der Waals surface area contributed by atoms with Crippen LogP contribution in [0.5, 0.6) is 5.75 Å². The van der Waals surface area contributed by atoms with Crippen LogP contribution in [-0.2, 0) is 24.2 Å². The van der Waals surface area contributed by atoms with Crippen molar-refractivity contribution >= 4 is 5.91 Å². The van der Waals surface area contributed by atoms with Gasteiger partial charge in [0.15, 0.2) is 0 Å². The number of hydrogen-bond acceptors (Lipinski definition) is 4. The first-order valence-electron chi connectivity index (χ1n) is 10.7. The van der Waals surface area contributed by atoms with Crippen molar-refractivity contribution in [2.24, 2.45) is 5.92 Å². The summed E-state index contributed by atoms with van der Waals surface area (Å²) in [5.74, 6) is 3.84. The molecule has 6 nitrogen and oxygen atoms in total. The second kappa shape index (κ2) is 7.57. The third-order valence-electron chi connectivity index (χ3n) is 6.54. The first-order valence-corrected chi connectivity index (χ1v) is 10.7. The molecule has 1 unspecified atom stereocenters. The number of benzene rings is 1. The molecule has 0 bridgehead atoms. The van der Waals surface area contributed by atoms with E-state index in [4.69, 9.17) is 4.74 Å². The van der Waals surface area contributed by atoms with Crippen molar-refractivity contribution in [1.82, 2.24) is 19.7 Å². The summed E-state index contributed by atoms with van der Waals surface area (Å²) in [7, 11) is 0. The molecular formula is C22H28N4O2. The summed E-state index contributed by atoms with van der Waals surface area (Å²) in [5, 5.41) is 8.99. The van der Waals surface area contributed by atoms with Crippen LogP contribution in [0, 0.1) is 5.92 Å². The van der Waals surface area contributed by atoms with Gasteiger partial charge in [-0.3, -0.25) is 4.79 Å². The van der Waals surface area contributed by atoms with Crippen molar-refractivity contribution in [1.29, 1.82) is 0 Å². The third kappa shape index (κ3) is 3.29. The summed E-state index contributed by atoms with van der Waals surface area (Å²) < 4.78 is 8.20. The molecule has 1 atom stereocenters. The third-order valence-corrected chi connectivity index (χ3v) is 6.54. The van der Waals surface area contributed by atoms with E-state index >= 15 is 0 Å². The van der Waals surface area contributed by atoms with E-state index < -0.39 is 0 Å². The Morgan fingerprint density at radius 1 is 1.04 bits per heavy atom. The van der Waals surface area contributed by atoms with Crippen LogP contribution in [0.1, 0.15) is 55.2 Å². The zero-order chi connectivity index (χ0) is 18.9. The molecule has 1 saturated heterocycles. The van der Waals surface area contributed by atoms with Crippen LogP contribution in [0.4, 0.5) is 0 Å². The fourth-order valence-electron chi connectivity index (χ4n) is 4.91. The summed E-state index contributed by atoms with van der Waals surface area (Å²) in [6.45, 7) is 3.16. The van der Waals surface area contributed by atoms with Crippen LogP contribution in [0.25, 0.3) is 0 Å². The van der Waals surface area contributed by atoms with E-state index in [1.54, 1.807) is 0 Å². The Hall–Kier alpha value is -2.37. The average molecular weight is 380 g/mol. The minimum absolute atomic E-state index is 0.0594. The van der Waals surface area contributed by atoms with Crippen LogP contribution in [0.2, 0.25) is 0 Å². The quantitative estimate of drug-likeness (QED) is 0.804. The van der Waals surface area contributed by atoms with Crippen LogP contribution >= 0.6 is 0 Å². The number of carbonyl (C=O) groups excluding carboxylic acids is 1. The smallest absolute Gasteiger partial charge is 0.229 e. The molecule has 148 valence electrons. The second-order valence-corrected chi connectivity index (χ2v) is 8.36. The lowest BCUT2D eigenvalue weighted by Crippen LogP contribution is -2.44. The van der Waals surface area contributed by atoms with Gasteiger partial charge < -0.3 is 14.2 Å². The monoisotopic (exact) mass is 380 g/mol. The number of hydrogen-bond donors (Lipinski definition) is 0. The highest BCUT2D eigenvalue weighted by Gasteiger charge is 2.33. The molecule has 4 heterocycles. The van der Waals surface area contributed by atoms with Gasteiger partial charge in [0, 0.05) is 32.0 Å². The van der Waals surface area contributed by atoms with E-state index in [9.17, 15) is 4.79 Å². The van der Waals surface area contributed by atoms with Gasteiger partial charge in [-0.15, -0.1) is 10.2 Å². The number of carbonyl (C=O) groups is 1. The molecular weight excluding hydrogens is 352 g/mol. The van der Waals surface area contributed by atoms with E-state index in [1.807, 2.05) is 23.1 Å². The summed E-state index contributed by atoms with van der Waals surface area (Å²) in [4.78, 5) is 15.1. The number of aromatic nitrogens is 3. The predicted octanol–water partition coefficient (Wildman–Crippen LogP) is 2.96.